The van der Waals surface area contributed by atoms with Gasteiger partial charge in [-0.1, -0.05) is 24.3 Å². The van der Waals surface area contributed by atoms with Gasteiger partial charge in [-0.2, -0.15) is 16.4 Å². The molecule has 0 unspecified atom stereocenters. The molecule has 4 heteroatoms. The van der Waals surface area contributed by atoms with Crippen LogP contribution in [0.2, 0.25) is 0 Å². The average Bonchev–Trinajstić information content (AvgIpc) is 3.08. The third-order valence-electron chi connectivity index (χ3n) is 3.38. The highest BCUT2D eigenvalue weighted by molar-refractivity contribution is 7.08. The fraction of sp³-hybridized carbons (Fsp3) is 0.0667. The van der Waals surface area contributed by atoms with E-state index in [9.17, 15) is 0 Å². The number of aromatic nitrogens is 3. The number of pyridine rings is 1. The first-order valence-corrected chi connectivity index (χ1v) is 7.05. The molecule has 0 aliphatic rings. The van der Waals surface area contributed by atoms with Gasteiger partial charge >= 0.3 is 0 Å². The second-order valence-corrected chi connectivity index (χ2v) is 5.33. The smallest absolute Gasteiger partial charge is 0.112 e. The van der Waals surface area contributed by atoms with Crippen LogP contribution in [0.3, 0.4) is 0 Å². The van der Waals surface area contributed by atoms with Crippen molar-refractivity contribution in [1.29, 1.82) is 0 Å². The maximum atomic E-state index is 4.82. The Morgan fingerprint density at radius 2 is 1.95 bits per heavy atom. The van der Waals surface area contributed by atoms with Gasteiger partial charge in [0.15, 0.2) is 0 Å². The Bertz CT molecular complexity index is 875. The van der Waals surface area contributed by atoms with E-state index in [1.807, 2.05) is 6.92 Å². The molecule has 4 aromatic rings. The third-order valence-corrected chi connectivity index (χ3v) is 4.07. The van der Waals surface area contributed by atoms with Crippen molar-refractivity contribution >= 4 is 33.1 Å². The standard InChI is InChI=1S/C15H11N3S/c1-9-13-15(18-17-9)12-5-3-2-4-11(12)14(16-13)10-6-7-19-8-10/h2-8H,1H3,(H,17,18). The minimum absolute atomic E-state index is 0.942. The molecule has 0 fully saturated rings. The van der Waals surface area contributed by atoms with Crippen LogP contribution in [0.4, 0.5) is 0 Å². The fourth-order valence-electron chi connectivity index (χ4n) is 2.45. The summed E-state index contributed by atoms with van der Waals surface area (Å²) in [5.74, 6) is 0. The number of hydrogen-bond donors (Lipinski definition) is 1. The zero-order valence-corrected chi connectivity index (χ0v) is 11.2. The van der Waals surface area contributed by atoms with Gasteiger partial charge in [0.2, 0.25) is 0 Å². The van der Waals surface area contributed by atoms with Crippen molar-refractivity contribution in [2.45, 2.75) is 6.92 Å². The van der Waals surface area contributed by atoms with Gasteiger partial charge in [0, 0.05) is 21.7 Å². The van der Waals surface area contributed by atoms with Crippen molar-refractivity contribution in [3.8, 4) is 11.3 Å². The van der Waals surface area contributed by atoms with Gasteiger partial charge in [-0.25, -0.2) is 4.98 Å². The minimum atomic E-state index is 0.942. The lowest BCUT2D eigenvalue weighted by atomic mass is 10.0. The SMILES string of the molecule is Cc1n[nH]c2c1nc(-c1ccsc1)c1ccccc12. The van der Waals surface area contributed by atoms with E-state index in [2.05, 4.69) is 51.3 Å². The van der Waals surface area contributed by atoms with E-state index in [0.29, 0.717) is 0 Å². The fourth-order valence-corrected chi connectivity index (χ4v) is 3.09. The molecule has 0 bridgehead atoms. The predicted molar refractivity (Wildman–Crippen MR) is 79.4 cm³/mol. The van der Waals surface area contributed by atoms with Crippen molar-refractivity contribution < 1.29 is 0 Å². The quantitative estimate of drug-likeness (QED) is 0.561. The van der Waals surface area contributed by atoms with Gasteiger partial charge in [-0.05, 0) is 18.4 Å². The maximum absolute atomic E-state index is 4.82. The highest BCUT2D eigenvalue weighted by Gasteiger charge is 2.13. The van der Waals surface area contributed by atoms with Crippen molar-refractivity contribution in [2.75, 3.05) is 0 Å². The third kappa shape index (κ3) is 1.50. The monoisotopic (exact) mass is 265 g/mol. The van der Waals surface area contributed by atoms with Gasteiger partial charge in [-0.15, -0.1) is 0 Å². The first-order valence-electron chi connectivity index (χ1n) is 6.10. The number of aromatic amines is 1. The van der Waals surface area contributed by atoms with Crippen LogP contribution in [-0.2, 0) is 0 Å². The van der Waals surface area contributed by atoms with Crippen molar-refractivity contribution in [2.24, 2.45) is 0 Å². The summed E-state index contributed by atoms with van der Waals surface area (Å²) in [5, 5.41) is 13.9. The molecule has 0 atom stereocenters. The molecule has 1 aromatic carbocycles. The molecule has 0 amide bonds. The molecule has 0 radical (unpaired) electrons. The lowest BCUT2D eigenvalue weighted by Gasteiger charge is -2.05. The molecule has 3 nitrogen and oxygen atoms in total. The number of thiophene rings is 1. The van der Waals surface area contributed by atoms with E-state index >= 15 is 0 Å². The highest BCUT2D eigenvalue weighted by Crippen LogP contribution is 2.32. The lowest BCUT2D eigenvalue weighted by Crippen LogP contribution is -1.87. The molecule has 92 valence electrons. The van der Waals surface area contributed by atoms with Crippen molar-refractivity contribution in [3.63, 3.8) is 0 Å². The number of benzene rings is 1. The second-order valence-electron chi connectivity index (χ2n) is 4.55. The number of nitrogens with zero attached hydrogens (tertiary/aromatic N) is 2. The Hall–Kier alpha value is -2.20. The molecule has 1 N–H and O–H groups in total. The Balaban J connectivity index is 2.24. The van der Waals surface area contributed by atoms with E-state index in [0.717, 1.165) is 27.8 Å². The topological polar surface area (TPSA) is 41.6 Å². The molecular formula is C15H11N3S. The van der Waals surface area contributed by atoms with E-state index in [1.165, 1.54) is 10.9 Å². The van der Waals surface area contributed by atoms with Crippen molar-refractivity contribution in [3.05, 3.63) is 46.8 Å². The normalized spacial score (nSPS) is 11.4. The summed E-state index contributed by atoms with van der Waals surface area (Å²) >= 11 is 1.69. The number of rotatable bonds is 1. The summed E-state index contributed by atoms with van der Waals surface area (Å²) in [4.78, 5) is 4.82. The van der Waals surface area contributed by atoms with Crippen LogP contribution < -0.4 is 0 Å². The van der Waals surface area contributed by atoms with Gasteiger partial charge in [0.1, 0.15) is 5.52 Å². The average molecular weight is 265 g/mol. The molecule has 19 heavy (non-hydrogen) atoms. The zero-order valence-electron chi connectivity index (χ0n) is 10.3. The summed E-state index contributed by atoms with van der Waals surface area (Å²) in [6.45, 7) is 1.98. The lowest BCUT2D eigenvalue weighted by molar-refractivity contribution is 1.07. The van der Waals surface area contributed by atoms with E-state index < -0.39 is 0 Å². The molecule has 0 saturated heterocycles. The van der Waals surface area contributed by atoms with Crippen LogP contribution in [0, 0.1) is 6.92 Å². The van der Waals surface area contributed by atoms with Crippen LogP contribution in [0.5, 0.6) is 0 Å². The molecule has 0 aliphatic carbocycles. The van der Waals surface area contributed by atoms with E-state index in [4.69, 9.17) is 4.98 Å². The molecule has 0 spiro atoms. The Morgan fingerprint density at radius 1 is 1.11 bits per heavy atom. The summed E-state index contributed by atoms with van der Waals surface area (Å²) in [5.41, 5.74) is 5.13. The van der Waals surface area contributed by atoms with Crippen molar-refractivity contribution in [1.82, 2.24) is 15.2 Å². The summed E-state index contributed by atoms with van der Waals surface area (Å²) in [6, 6.07) is 10.4. The maximum Gasteiger partial charge on any atom is 0.112 e. The predicted octanol–water partition coefficient (Wildman–Crippen LogP) is 4.15. The number of fused-ring (bicyclic) bond motifs is 3. The van der Waals surface area contributed by atoms with Gasteiger partial charge < -0.3 is 0 Å². The summed E-state index contributed by atoms with van der Waals surface area (Å²) in [7, 11) is 0. The van der Waals surface area contributed by atoms with Crippen LogP contribution in [0.1, 0.15) is 5.69 Å². The van der Waals surface area contributed by atoms with Gasteiger partial charge in [-0.3, -0.25) is 5.10 Å². The largest absolute Gasteiger partial charge is 0.275 e. The summed E-state index contributed by atoms with van der Waals surface area (Å²) < 4.78 is 0. The van der Waals surface area contributed by atoms with Gasteiger partial charge in [0.25, 0.3) is 0 Å². The molecule has 0 aliphatic heterocycles. The van der Waals surface area contributed by atoms with E-state index in [1.54, 1.807) is 11.3 Å². The Morgan fingerprint density at radius 3 is 2.74 bits per heavy atom. The molecular weight excluding hydrogens is 254 g/mol. The first kappa shape index (κ1) is 10.7. The molecule has 3 aromatic heterocycles. The number of H-pyrrole nitrogens is 1. The van der Waals surface area contributed by atoms with E-state index in [-0.39, 0.29) is 0 Å². The molecule has 3 heterocycles. The molecule has 0 saturated carbocycles. The van der Waals surface area contributed by atoms with Gasteiger partial charge in [0.05, 0.1) is 16.9 Å². The van der Waals surface area contributed by atoms with Crippen LogP contribution in [-0.4, -0.2) is 15.2 Å². The number of hydrogen-bond acceptors (Lipinski definition) is 3. The summed E-state index contributed by atoms with van der Waals surface area (Å²) in [6.07, 6.45) is 0. The first-order chi connectivity index (χ1) is 9.34. The second kappa shape index (κ2) is 3.90. The minimum Gasteiger partial charge on any atom is -0.275 e. The van der Waals surface area contributed by atoms with Crippen LogP contribution in [0.25, 0.3) is 33.1 Å². The highest BCUT2D eigenvalue weighted by atomic mass is 32.1. The van der Waals surface area contributed by atoms with Crippen LogP contribution in [0.15, 0.2) is 41.1 Å². The van der Waals surface area contributed by atoms with Crippen LogP contribution >= 0.6 is 11.3 Å². The Labute approximate surface area is 113 Å². The Kier molecular flexibility index (Phi) is 2.19. The number of nitrogens with one attached hydrogen (secondary N) is 1. The zero-order chi connectivity index (χ0) is 12.8. The number of aryl methyl sites for hydroxylation is 1. The molecule has 4 rings (SSSR count).